The van der Waals surface area contributed by atoms with Crippen LogP contribution in [-0.4, -0.2) is 4.57 Å². The minimum Gasteiger partial charge on any atom is -0.310 e. The quantitative estimate of drug-likeness (QED) is 0.172. The standard InChI is InChI=1S/C55H36N2/c1-3-17-39(18-4-1)56(41-21-15-16-37(34-41)38-30-33-54-48(35-38)47-25-10-14-29-53(47)57(54)40-19-5-2-6-20-40)42-31-32-46-45-24-9-13-28-51(45)55(52(46)36-42)49-26-11-7-22-43(49)44-23-8-12-27-50(44)55/h1-36H. The largest absolute Gasteiger partial charge is 0.310 e. The zero-order valence-corrected chi connectivity index (χ0v) is 31.2. The molecule has 0 radical (unpaired) electrons. The van der Waals surface area contributed by atoms with Crippen molar-refractivity contribution in [2.45, 2.75) is 5.41 Å². The van der Waals surface area contributed by atoms with E-state index in [1.54, 1.807) is 0 Å². The van der Waals surface area contributed by atoms with Gasteiger partial charge in [0.25, 0.3) is 0 Å². The van der Waals surface area contributed by atoms with E-state index >= 15 is 0 Å². The molecular formula is C55H36N2. The lowest BCUT2D eigenvalue weighted by Gasteiger charge is -2.32. The van der Waals surface area contributed by atoms with Crippen LogP contribution >= 0.6 is 0 Å². The minimum atomic E-state index is -0.409. The Balaban J connectivity index is 1.04. The Labute approximate surface area is 332 Å². The zero-order valence-electron chi connectivity index (χ0n) is 31.2. The molecule has 57 heavy (non-hydrogen) atoms. The molecule has 266 valence electrons. The molecule has 0 saturated heterocycles. The van der Waals surface area contributed by atoms with Crippen molar-refractivity contribution in [1.29, 1.82) is 0 Å². The van der Waals surface area contributed by atoms with Crippen molar-refractivity contribution in [3.63, 3.8) is 0 Å². The van der Waals surface area contributed by atoms with Crippen LogP contribution in [0.1, 0.15) is 22.3 Å². The highest BCUT2D eigenvalue weighted by atomic mass is 15.1. The van der Waals surface area contributed by atoms with E-state index in [1.165, 1.54) is 83.1 Å². The highest BCUT2D eigenvalue weighted by Crippen LogP contribution is 2.63. The number of aromatic nitrogens is 1. The fourth-order valence-electron chi connectivity index (χ4n) is 10.1. The number of hydrogen-bond acceptors (Lipinski definition) is 1. The number of para-hydroxylation sites is 3. The predicted molar refractivity (Wildman–Crippen MR) is 237 cm³/mol. The van der Waals surface area contributed by atoms with Crippen LogP contribution in [0.4, 0.5) is 17.1 Å². The number of fused-ring (bicyclic) bond motifs is 13. The van der Waals surface area contributed by atoms with Crippen LogP contribution in [0.15, 0.2) is 218 Å². The Morgan fingerprint density at radius 3 is 1.54 bits per heavy atom. The molecule has 0 atom stereocenters. The van der Waals surface area contributed by atoms with Gasteiger partial charge in [-0.2, -0.15) is 0 Å². The maximum atomic E-state index is 2.47. The molecule has 0 bridgehead atoms. The van der Waals surface area contributed by atoms with Gasteiger partial charge in [0, 0.05) is 33.5 Å². The van der Waals surface area contributed by atoms with Gasteiger partial charge in [0.1, 0.15) is 0 Å². The number of hydrogen-bond donors (Lipinski definition) is 0. The molecule has 12 rings (SSSR count). The zero-order chi connectivity index (χ0) is 37.5. The van der Waals surface area contributed by atoms with Crippen LogP contribution in [-0.2, 0) is 5.41 Å². The molecular weight excluding hydrogens is 689 g/mol. The molecule has 0 saturated carbocycles. The third-order valence-corrected chi connectivity index (χ3v) is 12.4. The fraction of sp³-hybridized carbons (Fsp3) is 0.0182. The molecule has 0 aliphatic heterocycles. The highest BCUT2D eigenvalue weighted by molar-refractivity contribution is 6.10. The molecule has 0 fully saturated rings. The summed E-state index contributed by atoms with van der Waals surface area (Å²) in [6.45, 7) is 0. The van der Waals surface area contributed by atoms with Crippen LogP contribution in [0.2, 0.25) is 0 Å². The van der Waals surface area contributed by atoms with Gasteiger partial charge in [0.05, 0.1) is 16.4 Å². The highest BCUT2D eigenvalue weighted by Gasteiger charge is 2.51. The first-order valence-corrected chi connectivity index (χ1v) is 19.8. The lowest BCUT2D eigenvalue weighted by molar-refractivity contribution is 0.793. The van der Waals surface area contributed by atoms with Gasteiger partial charge >= 0.3 is 0 Å². The number of anilines is 3. The Bertz CT molecular complexity index is 3130. The molecule has 1 spiro atoms. The lowest BCUT2D eigenvalue weighted by atomic mass is 9.70. The van der Waals surface area contributed by atoms with E-state index in [0.29, 0.717) is 0 Å². The second-order valence-electron chi connectivity index (χ2n) is 15.3. The summed E-state index contributed by atoms with van der Waals surface area (Å²) in [5, 5.41) is 2.50. The van der Waals surface area contributed by atoms with Crippen LogP contribution in [0, 0.1) is 0 Å². The molecule has 10 aromatic rings. The first kappa shape index (κ1) is 31.9. The van der Waals surface area contributed by atoms with E-state index in [0.717, 1.165) is 17.1 Å². The topological polar surface area (TPSA) is 8.17 Å². The van der Waals surface area contributed by atoms with Gasteiger partial charge in [-0.05, 0) is 122 Å². The van der Waals surface area contributed by atoms with Gasteiger partial charge in [-0.25, -0.2) is 0 Å². The Kier molecular flexibility index (Phi) is 6.88. The molecule has 1 heterocycles. The molecule has 1 aromatic heterocycles. The molecule has 0 N–H and O–H groups in total. The molecule has 0 amide bonds. The van der Waals surface area contributed by atoms with Gasteiger partial charge in [-0.1, -0.05) is 152 Å². The summed E-state index contributed by atoms with van der Waals surface area (Å²) in [6.07, 6.45) is 0. The third-order valence-electron chi connectivity index (χ3n) is 12.4. The van der Waals surface area contributed by atoms with Crippen LogP contribution in [0.3, 0.4) is 0 Å². The second-order valence-corrected chi connectivity index (χ2v) is 15.3. The van der Waals surface area contributed by atoms with E-state index < -0.39 is 5.41 Å². The molecule has 2 heteroatoms. The number of benzene rings is 9. The van der Waals surface area contributed by atoms with E-state index in [-0.39, 0.29) is 0 Å². The van der Waals surface area contributed by atoms with Crippen molar-refractivity contribution in [3.8, 4) is 39.1 Å². The van der Waals surface area contributed by atoms with Gasteiger partial charge in [-0.3, -0.25) is 0 Å². The van der Waals surface area contributed by atoms with Crippen molar-refractivity contribution in [2.24, 2.45) is 0 Å². The summed E-state index contributed by atoms with van der Waals surface area (Å²) in [5.74, 6) is 0. The molecule has 2 nitrogen and oxygen atoms in total. The Morgan fingerprint density at radius 2 is 0.842 bits per heavy atom. The third kappa shape index (κ3) is 4.53. The van der Waals surface area contributed by atoms with Crippen LogP contribution < -0.4 is 4.90 Å². The van der Waals surface area contributed by atoms with Crippen molar-refractivity contribution in [1.82, 2.24) is 4.57 Å². The van der Waals surface area contributed by atoms with E-state index in [4.69, 9.17) is 0 Å². The van der Waals surface area contributed by atoms with Crippen LogP contribution in [0.25, 0.3) is 60.9 Å². The van der Waals surface area contributed by atoms with Crippen molar-refractivity contribution in [2.75, 3.05) is 4.90 Å². The first-order chi connectivity index (χ1) is 28.3. The maximum absolute atomic E-state index is 2.47. The smallest absolute Gasteiger partial charge is 0.0726 e. The molecule has 9 aromatic carbocycles. The second kappa shape index (κ2) is 12.3. The first-order valence-electron chi connectivity index (χ1n) is 19.8. The summed E-state index contributed by atoms with van der Waals surface area (Å²) >= 11 is 0. The SMILES string of the molecule is c1ccc(N(c2cccc(-c3ccc4c(c3)c3ccccc3n4-c3ccccc3)c2)c2ccc3c(c2)C2(c4ccccc4-c4ccccc42)c2ccccc2-3)cc1. The van der Waals surface area contributed by atoms with Crippen molar-refractivity contribution < 1.29 is 0 Å². The summed E-state index contributed by atoms with van der Waals surface area (Å²) in [6, 6.07) is 80.4. The Hall–Kier alpha value is -7.42. The average Bonchev–Trinajstić information content (AvgIpc) is 3.89. The minimum absolute atomic E-state index is 0.409. The molecule has 2 aliphatic carbocycles. The maximum Gasteiger partial charge on any atom is 0.0726 e. The van der Waals surface area contributed by atoms with Crippen molar-refractivity contribution >= 4 is 38.9 Å². The summed E-state index contributed by atoms with van der Waals surface area (Å²) in [5.41, 5.74) is 19.5. The van der Waals surface area contributed by atoms with E-state index in [9.17, 15) is 0 Å². The lowest BCUT2D eigenvalue weighted by Crippen LogP contribution is -2.26. The van der Waals surface area contributed by atoms with E-state index in [1.807, 2.05) is 0 Å². The van der Waals surface area contributed by atoms with Gasteiger partial charge < -0.3 is 9.47 Å². The monoisotopic (exact) mass is 724 g/mol. The molecule has 2 aliphatic rings. The Morgan fingerprint density at radius 1 is 0.316 bits per heavy atom. The summed E-state index contributed by atoms with van der Waals surface area (Å²) in [7, 11) is 0. The fourth-order valence-corrected chi connectivity index (χ4v) is 10.1. The van der Waals surface area contributed by atoms with Gasteiger partial charge in [0.2, 0.25) is 0 Å². The van der Waals surface area contributed by atoms with Crippen LogP contribution in [0.5, 0.6) is 0 Å². The van der Waals surface area contributed by atoms with Gasteiger partial charge in [-0.15, -0.1) is 0 Å². The number of nitrogens with zero attached hydrogens (tertiary/aromatic N) is 2. The predicted octanol–water partition coefficient (Wildman–Crippen LogP) is 14.3. The molecule has 0 unspecified atom stereocenters. The summed E-state index contributed by atoms with van der Waals surface area (Å²) in [4.78, 5) is 2.42. The van der Waals surface area contributed by atoms with Crippen molar-refractivity contribution in [3.05, 3.63) is 241 Å². The average molecular weight is 725 g/mol. The van der Waals surface area contributed by atoms with Gasteiger partial charge in [0.15, 0.2) is 0 Å². The van der Waals surface area contributed by atoms with E-state index in [2.05, 4.69) is 228 Å². The number of rotatable bonds is 5. The summed E-state index contributed by atoms with van der Waals surface area (Å²) < 4.78 is 2.38. The normalized spacial score (nSPS) is 13.1.